The molecule has 5 atom stereocenters. The lowest BCUT2D eigenvalue weighted by molar-refractivity contribution is -0.00265. The highest BCUT2D eigenvalue weighted by atomic mass is 35.5. The summed E-state index contributed by atoms with van der Waals surface area (Å²) < 4.78 is 7.14. The Hall–Kier alpha value is -13.0. The fraction of sp³-hybridized carbons (Fsp3) is 0.314. The number of morpholine rings is 1. The van der Waals surface area contributed by atoms with Gasteiger partial charge in [-0.15, -0.1) is 12.4 Å². The van der Waals surface area contributed by atoms with Crippen LogP contribution in [0.1, 0.15) is 60.9 Å². The molecule has 0 unspecified atom stereocenters. The predicted molar refractivity (Wildman–Crippen MR) is 453 cm³/mol. The molecule has 0 radical (unpaired) electrons. The van der Waals surface area contributed by atoms with Gasteiger partial charge in [-0.05, 0) is 194 Å². The van der Waals surface area contributed by atoms with E-state index in [9.17, 15) is 24.0 Å². The van der Waals surface area contributed by atoms with Crippen molar-refractivity contribution >= 4 is 99.6 Å². The number of halogens is 1. The topological polar surface area (TPSA) is 294 Å². The van der Waals surface area contributed by atoms with Crippen molar-refractivity contribution in [1.29, 1.82) is 0 Å². The molecule has 8 amide bonds. The van der Waals surface area contributed by atoms with E-state index in [1.807, 2.05) is 133 Å². The number of fused-ring (bicyclic) bond motifs is 16. The first kappa shape index (κ1) is 76.9. The molecule has 116 heavy (non-hydrogen) atoms. The molecule has 3 N–H and O–H groups in total. The van der Waals surface area contributed by atoms with Crippen molar-refractivity contribution in [3.8, 4) is 45.0 Å². The lowest BCUT2D eigenvalue weighted by Crippen LogP contribution is -2.55. The third-order valence-electron chi connectivity index (χ3n) is 22.5. The normalized spacial score (nSPS) is 18.6. The fourth-order valence-corrected chi connectivity index (χ4v) is 16.8. The molecule has 5 fully saturated rings. The second-order valence-electron chi connectivity index (χ2n) is 30.4. The zero-order valence-electron chi connectivity index (χ0n) is 65.6. The van der Waals surface area contributed by atoms with Gasteiger partial charge in [0.25, 0.3) is 5.56 Å². The minimum absolute atomic E-state index is 0. The molecule has 11 aromatic heterocycles. The van der Waals surface area contributed by atoms with Gasteiger partial charge in [0.1, 0.15) is 0 Å². The second-order valence-corrected chi connectivity index (χ2v) is 30.4. The molecule has 30 heteroatoms. The highest BCUT2D eigenvalue weighted by molar-refractivity contribution is 6.07. The van der Waals surface area contributed by atoms with Gasteiger partial charge in [-0.2, -0.15) is 0 Å². The maximum atomic E-state index is 13.5. The molecule has 9 aliphatic rings. The van der Waals surface area contributed by atoms with Crippen molar-refractivity contribution in [3.05, 3.63) is 222 Å². The van der Waals surface area contributed by atoms with Crippen LogP contribution in [0.4, 0.5) is 82.3 Å². The number of ether oxygens (including phenoxy) is 1. The van der Waals surface area contributed by atoms with Gasteiger partial charge in [-0.3, -0.25) is 54.3 Å². The van der Waals surface area contributed by atoms with Gasteiger partial charge in [-0.1, -0.05) is 0 Å². The molecule has 8 bridgehead atoms. The van der Waals surface area contributed by atoms with Gasteiger partial charge in [0.2, 0.25) is 0 Å². The largest absolute Gasteiger partial charge is 0.375 e. The van der Waals surface area contributed by atoms with Crippen molar-refractivity contribution in [2.75, 3.05) is 127 Å². The Morgan fingerprint density at radius 3 is 1.27 bits per heavy atom. The highest BCUT2D eigenvalue weighted by Gasteiger charge is 2.46. The van der Waals surface area contributed by atoms with Crippen LogP contribution in [-0.4, -0.2) is 186 Å². The smallest absolute Gasteiger partial charge is 0.327 e. The van der Waals surface area contributed by atoms with Crippen LogP contribution in [0.2, 0.25) is 0 Å². The van der Waals surface area contributed by atoms with E-state index in [1.165, 1.54) is 4.57 Å². The number of aromatic nitrogens is 11. The molecular weight excluding hydrogens is 1490 g/mol. The summed E-state index contributed by atoms with van der Waals surface area (Å²) in [6.07, 6.45) is 19.3. The van der Waals surface area contributed by atoms with E-state index in [0.717, 1.165) is 180 Å². The molecule has 0 aromatic carbocycles. The maximum absolute atomic E-state index is 13.5. The van der Waals surface area contributed by atoms with Crippen molar-refractivity contribution in [3.63, 3.8) is 0 Å². The Morgan fingerprint density at radius 1 is 0.422 bits per heavy atom. The summed E-state index contributed by atoms with van der Waals surface area (Å²) in [4.78, 5) is 128. The SMILES string of the molecule is Cc1cc(-c2ccc3c(n2)N(C(=O)N2CCO[C@@H](C)C2)[C@H]2CCN3C2)ccn1.Cc1cc(C)c(-c2ccc3c(n2)N(C(=O)Nc2cccnc2)[C@H]2CCN3C2)cn1.Cc1cc(NC(=O)N2c3nc(-c4ccnc(C)c4)ccc3N3CC[C@H]2C3)ccn1.Cl.Cn1ccc(-c2ccc3c(n2)N(C(=O)Nc2cccnc2)[C@H]2CCN3C2)cc1=O. The van der Waals surface area contributed by atoms with E-state index in [-0.39, 0.29) is 72.4 Å². The number of amides is 8. The van der Waals surface area contributed by atoms with Gasteiger partial charge in [0, 0.05) is 173 Å². The quantitative estimate of drug-likeness (QED) is 0.134. The number of nitrogens with one attached hydrogen (secondary N) is 3. The number of urea groups is 4. The van der Waals surface area contributed by atoms with Crippen LogP contribution < -0.4 is 60.7 Å². The third-order valence-corrected chi connectivity index (χ3v) is 22.5. The van der Waals surface area contributed by atoms with Crippen LogP contribution in [0.5, 0.6) is 0 Å². The summed E-state index contributed by atoms with van der Waals surface area (Å²) in [5, 5.41) is 8.91. The zero-order chi connectivity index (χ0) is 79.1. The Morgan fingerprint density at radius 2 is 0.836 bits per heavy atom. The minimum atomic E-state index is -0.223. The molecule has 9 aliphatic heterocycles. The van der Waals surface area contributed by atoms with Crippen LogP contribution >= 0.6 is 12.4 Å². The summed E-state index contributed by atoms with van der Waals surface area (Å²) in [5.74, 6) is 2.83. The first-order chi connectivity index (χ1) is 55.9. The summed E-state index contributed by atoms with van der Waals surface area (Å²) in [5.41, 5.74) is 17.8. The van der Waals surface area contributed by atoms with E-state index >= 15 is 0 Å². The summed E-state index contributed by atoms with van der Waals surface area (Å²) in [7, 11) is 1.71. The van der Waals surface area contributed by atoms with E-state index in [0.29, 0.717) is 54.2 Å². The molecule has 29 nitrogen and oxygen atoms in total. The first-order valence-electron chi connectivity index (χ1n) is 39.1. The average Bonchev–Trinajstić information content (AvgIpc) is 1.57. The lowest BCUT2D eigenvalue weighted by atomic mass is 10.1. The van der Waals surface area contributed by atoms with Gasteiger partial charge < -0.3 is 49.8 Å². The minimum Gasteiger partial charge on any atom is -0.375 e. The van der Waals surface area contributed by atoms with Crippen molar-refractivity contribution in [2.24, 2.45) is 7.05 Å². The van der Waals surface area contributed by atoms with E-state index < -0.39 is 0 Å². The van der Waals surface area contributed by atoms with Crippen LogP contribution in [0.15, 0.2) is 188 Å². The number of aryl methyl sites for hydroxylation is 6. The van der Waals surface area contributed by atoms with Gasteiger partial charge in [0.15, 0.2) is 23.3 Å². The number of hydrogen-bond acceptors (Lipinski definition) is 20. The number of pyridine rings is 11. The fourth-order valence-electron chi connectivity index (χ4n) is 16.8. The Kier molecular flexibility index (Phi) is 21.8. The number of carbonyl (C=O) groups excluding carboxylic acids is 4. The number of anilines is 11. The second kappa shape index (κ2) is 32.8. The van der Waals surface area contributed by atoms with E-state index in [2.05, 4.69) is 96.6 Å². The van der Waals surface area contributed by atoms with E-state index in [1.54, 1.807) is 91.9 Å². The molecule has 0 saturated carbocycles. The predicted octanol–water partition coefficient (Wildman–Crippen LogP) is 13.2. The third kappa shape index (κ3) is 15.8. The number of hydrogen-bond donors (Lipinski definition) is 3. The standard InChI is InChI=1S/2C22H22N6O.C21H20N6O2.C21H25N5O2.ClH/c1-14-11-16(5-8-23-14)19-3-4-20-21(26-19)28(18-7-10-27(20)13-18)22(29)25-17-6-9-24-15(2)12-17;1-14-10-15(2)24-12-18(14)19-5-6-20-21(26-19)28(17-7-9-27(20)13-17)22(29)25-16-4-3-8-23-11-16;1-25-9-6-14(11-19(25)28)17-4-5-18-20(24-17)27(16-7-10-26(18)13-16)21(29)23-15-3-2-8-22-12-15;1-14-11-16(5-7-22-14)18-3-4-19-20(23-18)26(17-6-8-24(19)13-17)21(27)25-9-10-28-15(2)12-25;/h3-6,8-9,11-12,18H,7,10,13H2,1-2H3,(H,24,25,29);3-6,8,10-12,17H,7,9,13H2,1-2H3,(H,25,29);2-6,8-9,11-12,16H,7,10,13H2,1H3,(H,23,29);3-5,7,11,15,17H,6,8-10,12-13H2,1-2H3;1H/t18-;17-;16-;15-,17-;/m0000./s1. The van der Waals surface area contributed by atoms with Crippen LogP contribution in [0, 0.1) is 34.6 Å². The maximum Gasteiger partial charge on any atom is 0.327 e. The van der Waals surface area contributed by atoms with Crippen LogP contribution in [0.3, 0.4) is 0 Å². The molecule has 20 rings (SSSR count). The summed E-state index contributed by atoms with van der Waals surface area (Å²) in [6.45, 7) is 20.8. The molecule has 11 aromatic rings. The van der Waals surface area contributed by atoms with Gasteiger partial charge in [0.05, 0.1) is 106 Å². The Bertz CT molecular complexity index is 5610. The Balaban J connectivity index is 0.000000116. The molecule has 592 valence electrons. The van der Waals surface area contributed by atoms with Crippen LogP contribution in [-0.2, 0) is 11.8 Å². The summed E-state index contributed by atoms with van der Waals surface area (Å²) in [6, 6.07) is 40.5. The number of carbonyl (C=O) groups is 4. The van der Waals surface area contributed by atoms with Gasteiger partial charge in [-0.25, -0.2) is 39.1 Å². The molecule has 20 heterocycles. The Labute approximate surface area is 677 Å². The molecule has 0 spiro atoms. The van der Waals surface area contributed by atoms with E-state index in [4.69, 9.17) is 24.7 Å². The average molecular weight is 1580 g/mol. The zero-order valence-corrected chi connectivity index (χ0v) is 66.4. The van der Waals surface area contributed by atoms with Crippen molar-refractivity contribution in [1.82, 2.24) is 59.3 Å². The number of rotatable bonds is 7. The molecule has 5 saturated heterocycles. The monoisotopic (exact) mass is 1580 g/mol. The highest BCUT2D eigenvalue weighted by Crippen LogP contribution is 2.46. The molecular formula is C86H90ClN23O6. The number of nitrogens with zero attached hydrogens (tertiary/aromatic N) is 20. The lowest BCUT2D eigenvalue weighted by Gasteiger charge is -2.40. The van der Waals surface area contributed by atoms with Gasteiger partial charge >= 0.3 is 24.1 Å². The van der Waals surface area contributed by atoms with Crippen molar-refractivity contribution in [2.45, 2.75) is 97.5 Å². The van der Waals surface area contributed by atoms with Crippen LogP contribution in [0.25, 0.3) is 45.0 Å². The van der Waals surface area contributed by atoms with Crippen molar-refractivity contribution < 1.29 is 23.9 Å². The first-order valence-corrected chi connectivity index (χ1v) is 39.1. The summed E-state index contributed by atoms with van der Waals surface area (Å²) >= 11 is 0. The molecule has 0 aliphatic carbocycles.